The summed E-state index contributed by atoms with van der Waals surface area (Å²) < 4.78 is 23.5. The molecule has 0 atom stereocenters. The molecule has 0 fully saturated rings. The average Bonchev–Trinajstić information content (AvgIpc) is 3.88. The molecule has 0 bridgehead atoms. The van der Waals surface area contributed by atoms with Gasteiger partial charge in [-0.25, -0.2) is 0 Å². The fourth-order valence-corrected chi connectivity index (χ4v) is 12.0. The smallest absolute Gasteiger partial charge is 0.0700 e. The summed E-state index contributed by atoms with van der Waals surface area (Å²) in [4.78, 5) is 0. The molecule has 0 spiro atoms. The van der Waals surface area contributed by atoms with E-state index in [0.29, 0.717) is 39.6 Å². The first-order chi connectivity index (χ1) is 33.6. The highest BCUT2D eigenvalue weighted by atomic mass is 16.5. The zero-order chi connectivity index (χ0) is 47.3. The predicted molar refractivity (Wildman–Crippen MR) is 284 cm³/mol. The lowest BCUT2D eigenvalue weighted by Gasteiger charge is -2.33. The van der Waals surface area contributed by atoms with Gasteiger partial charge in [0, 0.05) is 43.7 Å². The van der Waals surface area contributed by atoms with Gasteiger partial charge in [-0.05, 0) is 161 Å². The van der Waals surface area contributed by atoms with E-state index in [1.54, 1.807) is 14.2 Å². The largest absolute Gasteiger partial charge is 0.382 e. The lowest BCUT2D eigenvalue weighted by atomic mass is 9.72. The van der Waals surface area contributed by atoms with Gasteiger partial charge in [0.15, 0.2) is 0 Å². The number of fused-ring (bicyclic) bond motifs is 9. The van der Waals surface area contributed by atoms with Crippen molar-refractivity contribution >= 4 is 0 Å². The second kappa shape index (κ2) is 18.2. The van der Waals surface area contributed by atoms with Gasteiger partial charge in [0.2, 0.25) is 0 Å². The van der Waals surface area contributed by atoms with Gasteiger partial charge in [0.25, 0.3) is 0 Å². The van der Waals surface area contributed by atoms with E-state index >= 15 is 0 Å². The van der Waals surface area contributed by atoms with E-state index in [1.807, 2.05) is 0 Å². The standard InChI is InChI=1S/C65H62O4/c1-63(2)57-37-45(43-13-9-7-10-14-43)17-23-51(57)53-25-19-47(39-59(53)63)49-21-27-55-56-28-22-50(42-62(56)65(61(55)41-49,29-31-68-35-33-66-5)30-32-69-36-34-67-6)48-20-26-54-52-24-18-46(44-15-11-8-12-16-44)38-58(52)64(3,4)60(54)40-48/h7-28,37-42H,29-36H2,1-6H3. The maximum absolute atomic E-state index is 6.36. The Kier molecular flexibility index (Phi) is 11.9. The summed E-state index contributed by atoms with van der Waals surface area (Å²) in [7, 11) is 3.46. The molecule has 0 amide bonds. The van der Waals surface area contributed by atoms with Crippen LogP contribution in [0.15, 0.2) is 170 Å². The van der Waals surface area contributed by atoms with Gasteiger partial charge in [-0.2, -0.15) is 0 Å². The van der Waals surface area contributed by atoms with Crippen LogP contribution >= 0.6 is 0 Å². The van der Waals surface area contributed by atoms with Gasteiger partial charge in [-0.1, -0.05) is 161 Å². The van der Waals surface area contributed by atoms with Crippen molar-refractivity contribution in [1.82, 2.24) is 0 Å². The van der Waals surface area contributed by atoms with Crippen LogP contribution in [0.3, 0.4) is 0 Å². The Morgan fingerprint density at radius 1 is 0.290 bits per heavy atom. The molecule has 69 heavy (non-hydrogen) atoms. The molecule has 8 aromatic carbocycles. The second-order valence-electron chi connectivity index (χ2n) is 20.3. The molecular formula is C65H62O4. The minimum atomic E-state index is -0.364. The summed E-state index contributed by atoms with van der Waals surface area (Å²) in [6.07, 6.45) is 1.62. The van der Waals surface area contributed by atoms with Gasteiger partial charge in [-0.3, -0.25) is 0 Å². The number of rotatable bonds is 16. The van der Waals surface area contributed by atoms with Crippen molar-refractivity contribution in [3.05, 3.63) is 203 Å². The SMILES string of the molecule is COCCOCCC1(CCOCCOC)c2cc(-c3ccc4c(c3)C(C)(C)c3cc(-c5ccccc5)ccc3-4)ccc2-c2ccc(-c3ccc4c(c3)C(C)(C)c3cc(-c5ccccc5)ccc3-4)cc21. The highest BCUT2D eigenvalue weighted by Gasteiger charge is 2.44. The van der Waals surface area contributed by atoms with E-state index in [4.69, 9.17) is 18.9 Å². The molecule has 346 valence electrons. The first-order valence-corrected chi connectivity index (χ1v) is 24.8. The van der Waals surface area contributed by atoms with E-state index in [0.717, 1.165) is 12.8 Å². The van der Waals surface area contributed by atoms with E-state index in [-0.39, 0.29) is 16.2 Å². The monoisotopic (exact) mass is 906 g/mol. The van der Waals surface area contributed by atoms with Crippen molar-refractivity contribution in [3.8, 4) is 77.9 Å². The van der Waals surface area contributed by atoms with E-state index in [2.05, 4.69) is 198 Å². The molecular weight excluding hydrogens is 845 g/mol. The van der Waals surface area contributed by atoms with E-state index in [1.165, 1.54) is 111 Å². The average molecular weight is 907 g/mol. The lowest BCUT2D eigenvalue weighted by Crippen LogP contribution is -2.30. The van der Waals surface area contributed by atoms with Crippen molar-refractivity contribution in [2.24, 2.45) is 0 Å². The fraction of sp³-hybridized carbons (Fsp3) is 0.262. The normalized spacial score (nSPS) is 15.0. The number of hydrogen-bond acceptors (Lipinski definition) is 4. The molecule has 0 N–H and O–H groups in total. The number of benzene rings is 8. The number of methoxy groups -OCH3 is 2. The van der Waals surface area contributed by atoms with Crippen LogP contribution < -0.4 is 0 Å². The van der Waals surface area contributed by atoms with Gasteiger partial charge >= 0.3 is 0 Å². The summed E-state index contributed by atoms with van der Waals surface area (Å²) >= 11 is 0. The van der Waals surface area contributed by atoms with Crippen LogP contribution in [0, 0.1) is 0 Å². The third-order valence-corrected chi connectivity index (χ3v) is 15.8. The van der Waals surface area contributed by atoms with E-state index < -0.39 is 0 Å². The van der Waals surface area contributed by atoms with Crippen molar-refractivity contribution in [2.75, 3.05) is 53.9 Å². The maximum Gasteiger partial charge on any atom is 0.0700 e. The van der Waals surface area contributed by atoms with Crippen molar-refractivity contribution in [3.63, 3.8) is 0 Å². The van der Waals surface area contributed by atoms with Gasteiger partial charge in [0.05, 0.1) is 26.4 Å². The number of hydrogen-bond donors (Lipinski definition) is 0. The Labute approximate surface area is 408 Å². The van der Waals surface area contributed by atoms with Crippen LogP contribution in [0.5, 0.6) is 0 Å². The predicted octanol–water partition coefficient (Wildman–Crippen LogP) is 15.3. The Morgan fingerprint density at radius 3 is 0.870 bits per heavy atom. The third-order valence-electron chi connectivity index (χ3n) is 15.8. The van der Waals surface area contributed by atoms with Crippen molar-refractivity contribution in [2.45, 2.75) is 56.8 Å². The topological polar surface area (TPSA) is 36.9 Å². The maximum atomic E-state index is 6.36. The Hall–Kier alpha value is -6.40. The molecule has 4 heteroatoms. The highest BCUT2D eigenvalue weighted by Crippen LogP contribution is 2.57. The number of ether oxygens (including phenoxy) is 4. The molecule has 11 rings (SSSR count). The van der Waals surface area contributed by atoms with E-state index in [9.17, 15) is 0 Å². The van der Waals surface area contributed by atoms with Crippen LogP contribution in [0.25, 0.3) is 77.9 Å². The first kappa shape index (κ1) is 45.1. The van der Waals surface area contributed by atoms with Crippen molar-refractivity contribution < 1.29 is 18.9 Å². The second-order valence-corrected chi connectivity index (χ2v) is 20.3. The Balaban J connectivity index is 0.984. The summed E-state index contributed by atoms with van der Waals surface area (Å²) in [5, 5.41) is 0. The van der Waals surface area contributed by atoms with Crippen LogP contribution in [-0.2, 0) is 35.2 Å². The third kappa shape index (κ3) is 7.79. The molecule has 0 unspecified atom stereocenters. The molecule has 8 aromatic rings. The van der Waals surface area contributed by atoms with Gasteiger partial charge in [-0.15, -0.1) is 0 Å². The van der Waals surface area contributed by atoms with Crippen LogP contribution in [0.1, 0.15) is 73.9 Å². The lowest BCUT2D eigenvalue weighted by molar-refractivity contribution is 0.0491. The molecule has 4 nitrogen and oxygen atoms in total. The van der Waals surface area contributed by atoms with Crippen molar-refractivity contribution in [1.29, 1.82) is 0 Å². The van der Waals surface area contributed by atoms with Gasteiger partial charge in [0.1, 0.15) is 0 Å². The van der Waals surface area contributed by atoms with Gasteiger partial charge < -0.3 is 18.9 Å². The minimum absolute atomic E-state index is 0.154. The molecule has 0 heterocycles. The first-order valence-electron chi connectivity index (χ1n) is 24.8. The Bertz CT molecular complexity index is 2980. The molecule has 0 aromatic heterocycles. The molecule has 0 aliphatic heterocycles. The molecule has 0 saturated heterocycles. The quantitative estimate of drug-likeness (QED) is 0.0905. The fourth-order valence-electron chi connectivity index (χ4n) is 12.0. The summed E-state index contributed by atoms with van der Waals surface area (Å²) in [6, 6.07) is 64.2. The minimum Gasteiger partial charge on any atom is -0.382 e. The van der Waals surface area contributed by atoms with Crippen LogP contribution in [-0.4, -0.2) is 53.9 Å². The Morgan fingerprint density at radius 2 is 0.565 bits per heavy atom. The summed E-state index contributed by atoms with van der Waals surface area (Å²) in [5.74, 6) is 0. The summed E-state index contributed by atoms with van der Waals surface area (Å²) in [5.41, 5.74) is 25.3. The summed E-state index contributed by atoms with van der Waals surface area (Å²) in [6.45, 7) is 13.0. The molecule has 3 aliphatic rings. The zero-order valence-electron chi connectivity index (χ0n) is 41.0. The van der Waals surface area contributed by atoms with Crippen LogP contribution in [0.2, 0.25) is 0 Å². The molecule has 3 aliphatic carbocycles. The zero-order valence-corrected chi connectivity index (χ0v) is 41.0. The highest BCUT2D eigenvalue weighted by molar-refractivity contribution is 5.90. The molecule has 0 saturated carbocycles. The van der Waals surface area contributed by atoms with Crippen LogP contribution in [0.4, 0.5) is 0 Å². The molecule has 0 radical (unpaired) electrons.